The summed E-state index contributed by atoms with van der Waals surface area (Å²) in [6.45, 7) is 9.72. The summed E-state index contributed by atoms with van der Waals surface area (Å²) in [6.07, 6.45) is -2.80. The maximum absolute atomic E-state index is 15.1. The second-order valence-electron chi connectivity index (χ2n) is 19.0. The predicted octanol–water partition coefficient (Wildman–Crippen LogP) is 6.28. The van der Waals surface area contributed by atoms with Gasteiger partial charge >= 0.3 is 12.3 Å². The summed E-state index contributed by atoms with van der Waals surface area (Å²) in [6, 6.07) is 7.37. The number of ether oxygens (including phenoxy) is 5. The van der Waals surface area contributed by atoms with Crippen molar-refractivity contribution in [1.82, 2.24) is 30.2 Å². The topological polar surface area (TPSA) is 214 Å². The van der Waals surface area contributed by atoms with Crippen LogP contribution in [0.2, 0.25) is 0 Å². The van der Waals surface area contributed by atoms with E-state index in [4.69, 9.17) is 28.7 Å². The Bertz CT molecular complexity index is 2550. The first-order chi connectivity index (χ1) is 31.9. The highest BCUT2D eigenvalue weighted by atomic mass is 32.2. The average Bonchev–Trinajstić information content (AvgIpc) is 4.15. The minimum Gasteiger partial charge on any atom is -0.497 e. The summed E-state index contributed by atoms with van der Waals surface area (Å²) in [5.41, 5.74) is -3.80. The molecule has 21 heteroatoms. The first kappa shape index (κ1) is 50.2. The molecule has 3 fully saturated rings. The van der Waals surface area contributed by atoms with Crippen molar-refractivity contribution in [2.45, 2.75) is 152 Å². The molecule has 3 aromatic rings. The van der Waals surface area contributed by atoms with Crippen molar-refractivity contribution >= 4 is 44.6 Å². The van der Waals surface area contributed by atoms with Crippen LogP contribution in [-0.4, -0.2) is 119 Å². The third-order valence-electron chi connectivity index (χ3n) is 13.0. The van der Waals surface area contributed by atoms with E-state index < -0.39 is 92.2 Å². The maximum atomic E-state index is 15.1. The SMILES string of the molecule is CC[C@@H]1O[C@H](C)CC/C=C\[C@@H]2C[C@@]2(C(=O)NS(=O)(=O)C2(C)CC2)NC(=O)[C@@H]2C[C@@H](Oc3nc(-c4ccc(OC(C)C)cn4)cc4cc(OC)ccc34)CN2C(=O)[C@H]1NC(=O)OC(C)(C)C(F)(F)F. The van der Waals surface area contributed by atoms with Crippen molar-refractivity contribution in [3.63, 3.8) is 0 Å². The van der Waals surface area contributed by atoms with Crippen LogP contribution in [0.1, 0.15) is 93.4 Å². The number of rotatable bonds is 12. The first-order valence-corrected chi connectivity index (χ1v) is 24.2. The van der Waals surface area contributed by atoms with Gasteiger partial charge in [-0.2, -0.15) is 13.2 Å². The molecule has 17 nitrogen and oxygen atoms in total. The molecule has 2 aliphatic heterocycles. The van der Waals surface area contributed by atoms with E-state index in [2.05, 4.69) is 20.3 Å². The maximum Gasteiger partial charge on any atom is 0.427 e. The number of amides is 4. The van der Waals surface area contributed by atoms with Gasteiger partial charge in [-0.05, 0) is 122 Å². The Morgan fingerprint density at radius 1 is 1.07 bits per heavy atom. The first-order valence-electron chi connectivity index (χ1n) is 22.8. The number of hydrogen-bond donors (Lipinski definition) is 3. The lowest BCUT2D eigenvalue weighted by Crippen LogP contribution is -2.61. The summed E-state index contributed by atoms with van der Waals surface area (Å²) in [4.78, 5) is 67.9. The highest BCUT2D eigenvalue weighted by Crippen LogP contribution is 2.48. The molecule has 2 saturated carbocycles. The number of aromatic nitrogens is 2. The molecule has 4 amide bonds. The molecule has 370 valence electrons. The standard InChI is InChI=1S/C47H59F3N6O11S/c1-9-37-38(53-43(60)67-44(5,6)47(48,49)50)41(58)56-25-32(66-40-33-16-14-30(63-8)20-28(33)21-35(52-40)34-17-15-31(24-51-34)64-26(2)3)22-36(56)39(57)54-46(23-29(46)13-11-10-12-27(4)65-37)42(59)55-68(61,62)45(7)18-19-45/h11,13-17,20-21,24,26-27,29,32,36-38H,9-10,12,18-19,22-23,25H2,1-8H3,(H,53,60)(H,54,57)(H,55,59)/b13-11-/t27-,29-,32-,36+,37+,38+,46-/m1/s1. The van der Waals surface area contributed by atoms with Crippen molar-refractivity contribution in [1.29, 1.82) is 0 Å². The summed E-state index contributed by atoms with van der Waals surface area (Å²) in [5.74, 6) is -2.13. The number of carbonyl (C=O) groups excluding carboxylic acids is 4. The van der Waals surface area contributed by atoms with E-state index >= 15 is 4.79 Å². The molecule has 0 spiro atoms. The van der Waals surface area contributed by atoms with Crippen molar-refractivity contribution < 1.29 is 64.5 Å². The van der Waals surface area contributed by atoms with Gasteiger partial charge in [-0.3, -0.25) is 24.1 Å². The van der Waals surface area contributed by atoms with Gasteiger partial charge in [-0.25, -0.2) is 18.2 Å². The Morgan fingerprint density at radius 2 is 1.79 bits per heavy atom. The second-order valence-corrected chi connectivity index (χ2v) is 21.2. The Labute approximate surface area is 393 Å². The summed E-state index contributed by atoms with van der Waals surface area (Å²) < 4.78 is 98.6. The van der Waals surface area contributed by atoms with E-state index in [1.165, 1.54) is 14.0 Å². The number of carbonyl (C=O) groups is 4. The van der Waals surface area contributed by atoms with Gasteiger partial charge in [0.25, 0.3) is 5.91 Å². The molecular weight excluding hydrogens is 914 g/mol. The van der Waals surface area contributed by atoms with Gasteiger partial charge in [0.05, 0.1) is 54.3 Å². The smallest absolute Gasteiger partial charge is 0.427 e. The van der Waals surface area contributed by atoms with E-state index in [0.29, 0.717) is 73.2 Å². The third kappa shape index (κ3) is 10.6. The van der Waals surface area contributed by atoms with Gasteiger partial charge in [0, 0.05) is 17.7 Å². The fraction of sp³-hybridized carbons (Fsp3) is 0.574. The molecule has 2 aromatic heterocycles. The van der Waals surface area contributed by atoms with Gasteiger partial charge in [0.15, 0.2) is 0 Å². The van der Waals surface area contributed by atoms with Gasteiger partial charge in [0.1, 0.15) is 35.2 Å². The normalized spacial score (nSPS) is 26.9. The Morgan fingerprint density at radius 3 is 2.43 bits per heavy atom. The molecule has 0 bridgehead atoms. The number of pyridine rings is 2. The van der Waals surface area contributed by atoms with Crippen LogP contribution < -0.4 is 29.6 Å². The lowest BCUT2D eigenvalue weighted by Gasteiger charge is -2.35. The number of allylic oxidation sites excluding steroid dienone is 1. The molecule has 68 heavy (non-hydrogen) atoms. The van der Waals surface area contributed by atoms with Crippen molar-refractivity contribution in [2.75, 3.05) is 13.7 Å². The van der Waals surface area contributed by atoms with E-state index in [-0.39, 0.29) is 37.8 Å². The number of alkyl halides is 3. The van der Waals surface area contributed by atoms with Crippen LogP contribution in [0.3, 0.4) is 0 Å². The average molecular weight is 973 g/mol. The summed E-state index contributed by atoms with van der Waals surface area (Å²) in [7, 11) is -2.62. The Hall–Kier alpha value is -5.70. The lowest BCUT2D eigenvalue weighted by molar-refractivity contribution is -0.244. The lowest BCUT2D eigenvalue weighted by atomic mass is 10.0. The predicted molar refractivity (Wildman–Crippen MR) is 242 cm³/mol. The Kier molecular flexibility index (Phi) is 14.0. The molecule has 1 saturated heterocycles. The highest BCUT2D eigenvalue weighted by Gasteiger charge is 2.63. The quantitative estimate of drug-likeness (QED) is 0.171. The fourth-order valence-corrected chi connectivity index (χ4v) is 9.64. The summed E-state index contributed by atoms with van der Waals surface area (Å²) >= 11 is 0. The minimum atomic E-state index is -4.97. The van der Waals surface area contributed by atoms with E-state index in [1.807, 2.05) is 13.8 Å². The zero-order chi connectivity index (χ0) is 49.6. The second kappa shape index (κ2) is 19.0. The molecule has 4 aliphatic rings. The molecule has 1 aromatic carbocycles. The Balaban J connectivity index is 1.28. The van der Waals surface area contributed by atoms with Crippen LogP contribution in [0.5, 0.6) is 17.4 Å². The summed E-state index contributed by atoms with van der Waals surface area (Å²) in [5, 5.41) is 6.31. The van der Waals surface area contributed by atoms with E-state index in [9.17, 15) is 36.0 Å². The highest BCUT2D eigenvalue weighted by molar-refractivity contribution is 7.91. The number of alkyl carbamates (subject to hydrolysis) is 1. The number of fused-ring (bicyclic) bond motifs is 3. The van der Waals surface area contributed by atoms with Crippen LogP contribution in [-0.2, 0) is 33.9 Å². The van der Waals surface area contributed by atoms with E-state index in [1.54, 1.807) is 68.6 Å². The fourth-order valence-electron chi connectivity index (χ4n) is 8.33. The zero-order valence-corrected chi connectivity index (χ0v) is 40.1. The number of benzene rings is 1. The molecule has 7 rings (SSSR count). The molecule has 7 atom stereocenters. The van der Waals surface area contributed by atoms with Crippen LogP contribution >= 0.6 is 0 Å². The number of sulfonamides is 1. The number of halogens is 3. The van der Waals surface area contributed by atoms with Gasteiger partial charge in [-0.15, -0.1) is 0 Å². The molecular formula is C47H59F3N6O11S. The van der Waals surface area contributed by atoms with Crippen molar-refractivity contribution in [3.05, 3.63) is 54.7 Å². The van der Waals surface area contributed by atoms with Crippen LogP contribution in [0.15, 0.2) is 54.7 Å². The third-order valence-corrected chi connectivity index (χ3v) is 15.1. The van der Waals surface area contributed by atoms with Crippen LogP contribution in [0, 0.1) is 5.92 Å². The van der Waals surface area contributed by atoms with Crippen molar-refractivity contribution in [2.24, 2.45) is 5.92 Å². The number of methoxy groups -OCH3 is 1. The van der Waals surface area contributed by atoms with Gasteiger partial charge < -0.3 is 39.2 Å². The van der Waals surface area contributed by atoms with Crippen LogP contribution in [0.4, 0.5) is 18.0 Å². The monoisotopic (exact) mass is 972 g/mol. The number of hydrogen-bond acceptors (Lipinski definition) is 13. The molecule has 4 heterocycles. The van der Waals surface area contributed by atoms with Crippen LogP contribution in [0.25, 0.3) is 22.2 Å². The molecule has 0 unspecified atom stereocenters. The molecule has 3 N–H and O–H groups in total. The molecule has 2 aliphatic carbocycles. The number of nitrogens with one attached hydrogen (secondary N) is 3. The van der Waals surface area contributed by atoms with Gasteiger partial charge in [-0.1, -0.05) is 19.1 Å². The van der Waals surface area contributed by atoms with Crippen molar-refractivity contribution in [3.8, 4) is 28.8 Å². The van der Waals surface area contributed by atoms with E-state index in [0.717, 1.165) is 4.90 Å². The minimum absolute atomic E-state index is 0.0493. The largest absolute Gasteiger partial charge is 0.497 e. The number of nitrogens with zero attached hydrogens (tertiary/aromatic N) is 3. The molecule has 0 radical (unpaired) electrons. The zero-order valence-electron chi connectivity index (χ0n) is 39.3. The van der Waals surface area contributed by atoms with Gasteiger partial charge in [0.2, 0.25) is 33.3 Å².